The van der Waals surface area contributed by atoms with Crippen LogP contribution in [0.15, 0.2) is 76.0 Å². The van der Waals surface area contributed by atoms with Crippen molar-refractivity contribution in [2.75, 3.05) is 6.54 Å². The van der Waals surface area contributed by atoms with E-state index < -0.39 is 0 Å². The Hall–Kier alpha value is -2.90. The number of aromatic nitrogens is 2. The second kappa shape index (κ2) is 10.4. The van der Waals surface area contributed by atoms with E-state index in [2.05, 4.69) is 6.92 Å². The molecule has 1 amide bonds. The standard InChI is InChI=1S/C28H29N3O2S2/c1-3-21-14-10-11-17-30(21)26(32)19(2)35-28-29-25-24(23(18-34-25)20-12-6-4-7-13-20)27(33)31(28)22-15-8-5-9-16-22/h4-9,12-13,15-16,18-19,21H,3,10-11,14,17H2,1-2H3/t19-,21+/m1/s1. The Morgan fingerprint density at radius 2 is 1.83 bits per heavy atom. The van der Waals surface area contributed by atoms with Crippen molar-refractivity contribution in [2.24, 2.45) is 0 Å². The third kappa shape index (κ3) is 4.67. The van der Waals surface area contributed by atoms with E-state index in [9.17, 15) is 9.59 Å². The van der Waals surface area contributed by atoms with Crippen LogP contribution in [0.2, 0.25) is 0 Å². The van der Waals surface area contributed by atoms with E-state index in [4.69, 9.17) is 4.98 Å². The van der Waals surface area contributed by atoms with E-state index in [1.54, 1.807) is 4.57 Å². The lowest BCUT2D eigenvalue weighted by molar-refractivity contribution is -0.134. The number of hydrogen-bond acceptors (Lipinski definition) is 5. The Morgan fingerprint density at radius 3 is 2.54 bits per heavy atom. The van der Waals surface area contributed by atoms with E-state index in [-0.39, 0.29) is 16.7 Å². The van der Waals surface area contributed by atoms with Gasteiger partial charge in [-0.05, 0) is 50.3 Å². The molecule has 0 radical (unpaired) electrons. The smallest absolute Gasteiger partial charge is 0.268 e. The van der Waals surface area contributed by atoms with Crippen molar-refractivity contribution in [2.45, 2.75) is 56.0 Å². The number of thioether (sulfide) groups is 1. The van der Waals surface area contributed by atoms with Gasteiger partial charge in [-0.15, -0.1) is 11.3 Å². The van der Waals surface area contributed by atoms with Gasteiger partial charge in [0.15, 0.2) is 5.16 Å². The summed E-state index contributed by atoms with van der Waals surface area (Å²) in [6.45, 7) is 4.90. The molecule has 0 saturated carbocycles. The molecule has 1 aliphatic heterocycles. The largest absolute Gasteiger partial charge is 0.339 e. The monoisotopic (exact) mass is 503 g/mol. The second-order valence-corrected chi connectivity index (χ2v) is 11.1. The predicted octanol–water partition coefficient (Wildman–Crippen LogP) is 6.39. The molecule has 35 heavy (non-hydrogen) atoms. The molecule has 3 heterocycles. The van der Waals surface area contributed by atoms with Crippen molar-refractivity contribution >= 4 is 39.2 Å². The Balaban J connectivity index is 1.58. The number of thiophene rings is 1. The molecule has 0 aliphatic carbocycles. The molecule has 0 N–H and O–H groups in total. The molecule has 5 nitrogen and oxygen atoms in total. The molecule has 1 saturated heterocycles. The van der Waals surface area contributed by atoms with Crippen LogP contribution in [-0.4, -0.2) is 38.2 Å². The summed E-state index contributed by atoms with van der Waals surface area (Å²) in [6, 6.07) is 19.8. The summed E-state index contributed by atoms with van der Waals surface area (Å²) in [7, 11) is 0. The predicted molar refractivity (Wildman–Crippen MR) is 146 cm³/mol. The molecule has 1 fully saturated rings. The first-order chi connectivity index (χ1) is 17.1. The first-order valence-corrected chi connectivity index (χ1v) is 14.0. The number of fused-ring (bicyclic) bond motifs is 1. The highest BCUT2D eigenvalue weighted by molar-refractivity contribution is 8.00. The molecular weight excluding hydrogens is 474 g/mol. The highest BCUT2D eigenvalue weighted by Crippen LogP contribution is 2.34. The van der Waals surface area contributed by atoms with Crippen LogP contribution in [0.5, 0.6) is 0 Å². The van der Waals surface area contributed by atoms with Crippen molar-refractivity contribution in [1.29, 1.82) is 0 Å². The van der Waals surface area contributed by atoms with Crippen molar-refractivity contribution in [3.63, 3.8) is 0 Å². The number of amides is 1. The summed E-state index contributed by atoms with van der Waals surface area (Å²) in [4.78, 5) is 35.1. The lowest BCUT2D eigenvalue weighted by atomic mass is 10.00. The van der Waals surface area contributed by atoms with Gasteiger partial charge >= 0.3 is 0 Å². The Morgan fingerprint density at radius 1 is 1.11 bits per heavy atom. The highest BCUT2D eigenvalue weighted by atomic mass is 32.2. The number of carbonyl (C=O) groups is 1. The minimum Gasteiger partial charge on any atom is -0.339 e. The van der Waals surface area contributed by atoms with Gasteiger partial charge < -0.3 is 4.90 Å². The van der Waals surface area contributed by atoms with E-state index in [0.717, 1.165) is 42.6 Å². The van der Waals surface area contributed by atoms with Gasteiger partial charge in [-0.3, -0.25) is 14.2 Å². The molecule has 7 heteroatoms. The first kappa shape index (κ1) is 23.8. The van der Waals surface area contributed by atoms with Gasteiger partial charge in [0.05, 0.1) is 16.3 Å². The third-order valence-electron chi connectivity index (χ3n) is 6.69. The molecule has 0 spiro atoms. The van der Waals surface area contributed by atoms with Gasteiger partial charge in [-0.2, -0.15) is 0 Å². The molecule has 2 aromatic heterocycles. The zero-order chi connectivity index (χ0) is 24.4. The van der Waals surface area contributed by atoms with Crippen LogP contribution in [0.1, 0.15) is 39.5 Å². The molecule has 0 unspecified atom stereocenters. The van der Waals surface area contributed by atoms with Crippen LogP contribution in [0.4, 0.5) is 0 Å². The zero-order valence-electron chi connectivity index (χ0n) is 20.0. The average Bonchev–Trinajstić information content (AvgIpc) is 3.33. The van der Waals surface area contributed by atoms with Crippen LogP contribution >= 0.6 is 23.1 Å². The van der Waals surface area contributed by atoms with Crippen LogP contribution in [-0.2, 0) is 4.79 Å². The minimum absolute atomic E-state index is 0.104. The fourth-order valence-corrected chi connectivity index (χ4v) is 6.83. The lowest BCUT2D eigenvalue weighted by Crippen LogP contribution is -2.46. The molecule has 5 rings (SSSR count). The van der Waals surface area contributed by atoms with Crippen LogP contribution < -0.4 is 5.56 Å². The van der Waals surface area contributed by atoms with Crippen LogP contribution in [0, 0.1) is 0 Å². The maximum Gasteiger partial charge on any atom is 0.268 e. The molecule has 2 atom stereocenters. The molecule has 1 aliphatic rings. The fourth-order valence-electron chi connectivity index (χ4n) is 4.84. The minimum atomic E-state index is -0.338. The molecule has 2 aromatic carbocycles. The SMILES string of the molecule is CC[C@H]1CCCCN1C(=O)[C@@H](C)Sc1nc2scc(-c3ccccc3)c2c(=O)n1-c1ccccc1. The van der Waals surface area contributed by atoms with Gasteiger partial charge in [-0.25, -0.2) is 4.98 Å². The quantitative estimate of drug-likeness (QED) is 0.226. The van der Waals surface area contributed by atoms with Crippen molar-refractivity contribution in [1.82, 2.24) is 14.5 Å². The number of para-hydroxylation sites is 1. The maximum absolute atomic E-state index is 14.0. The van der Waals surface area contributed by atoms with Gasteiger partial charge in [0, 0.05) is 23.5 Å². The Labute approximate surface area is 213 Å². The summed E-state index contributed by atoms with van der Waals surface area (Å²) in [5.41, 5.74) is 2.54. The van der Waals surface area contributed by atoms with Gasteiger partial charge in [0.1, 0.15) is 4.83 Å². The molecule has 0 bridgehead atoms. The highest BCUT2D eigenvalue weighted by Gasteiger charge is 2.30. The number of carbonyl (C=O) groups excluding carboxylic acids is 1. The van der Waals surface area contributed by atoms with Crippen LogP contribution in [0.25, 0.3) is 27.0 Å². The molecular formula is C28H29N3O2S2. The number of piperidine rings is 1. The Bertz CT molecular complexity index is 1380. The van der Waals surface area contributed by atoms with Crippen molar-refractivity contribution < 1.29 is 4.79 Å². The van der Waals surface area contributed by atoms with Gasteiger partial charge in [0.25, 0.3) is 5.56 Å². The fraction of sp³-hybridized carbons (Fsp3) is 0.321. The summed E-state index contributed by atoms with van der Waals surface area (Å²) in [6.07, 6.45) is 4.27. The van der Waals surface area contributed by atoms with E-state index >= 15 is 0 Å². The van der Waals surface area contributed by atoms with E-state index in [0.29, 0.717) is 21.4 Å². The van der Waals surface area contributed by atoms with Gasteiger partial charge in [-0.1, -0.05) is 67.2 Å². The number of hydrogen-bond donors (Lipinski definition) is 0. The summed E-state index contributed by atoms with van der Waals surface area (Å²) in [5.74, 6) is 0.131. The average molecular weight is 504 g/mol. The number of likely N-dealkylation sites (tertiary alicyclic amines) is 1. The molecule has 180 valence electrons. The Kier molecular flexibility index (Phi) is 7.07. The summed E-state index contributed by atoms with van der Waals surface area (Å²) >= 11 is 2.86. The first-order valence-electron chi connectivity index (χ1n) is 12.2. The van der Waals surface area contributed by atoms with E-state index in [1.807, 2.05) is 77.9 Å². The third-order valence-corrected chi connectivity index (χ3v) is 8.60. The number of benzene rings is 2. The summed E-state index contributed by atoms with van der Waals surface area (Å²) < 4.78 is 1.67. The summed E-state index contributed by atoms with van der Waals surface area (Å²) in [5, 5.41) is 2.85. The number of rotatable bonds is 6. The van der Waals surface area contributed by atoms with E-state index in [1.165, 1.54) is 29.5 Å². The van der Waals surface area contributed by atoms with Crippen LogP contribution in [0.3, 0.4) is 0 Å². The second-order valence-electron chi connectivity index (χ2n) is 8.92. The lowest BCUT2D eigenvalue weighted by Gasteiger charge is -2.36. The topological polar surface area (TPSA) is 55.2 Å². The normalized spacial score (nSPS) is 17.0. The maximum atomic E-state index is 14.0. The number of nitrogens with zero attached hydrogens (tertiary/aromatic N) is 3. The van der Waals surface area contributed by atoms with Crippen molar-refractivity contribution in [3.8, 4) is 16.8 Å². The van der Waals surface area contributed by atoms with Crippen molar-refractivity contribution in [3.05, 3.63) is 76.4 Å². The van der Waals surface area contributed by atoms with Gasteiger partial charge in [0.2, 0.25) is 5.91 Å². The molecule has 4 aromatic rings. The zero-order valence-corrected chi connectivity index (χ0v) is 21.6.